The molecule has 0 saturated carbocycles. The number of piperidine rings is 1. The molecule has 1 aromatic heterocycles. The summed E-state index contributed by atoms with van der Waals surface area (Å²) < 4.78 is 38.8. The summed E-state index contributed by atoms with van der Waals surface area (Å²) in [4.78, 5) is 2.29. The van der Waals surface area contributed by atoms with Gasteiger partial charge in [0.1, 0.15) is 0 Å². The van der Waals surface area contributed by atoms with E-state index in [2.05, 4.69) is 19.8 Å². The van der Waals surface area contributed by atoms with Crippen molar-refractivity contribution in [3.05, 3.63) is 42.0 Å². The number of benzene rings is 1. The summed E-state index contributed by atoms with van der Waals surface area (Å²) in [5, 5.41) is 8.20. The highest BCUT2D eigenvalue weighted by molar-refractivity contribution is 7.92. The standard InChI is InChI=1S/C18H22N4O4S/c1-14-2-4-15(5-3-14)27(23,24)21-16-6-7-17(20-19-16)22-10-8-18(9-11-22)25-12-13-26-18/h2-7H,8-13H2,1H3,(H,19,21). The van der Waals surface area contributed by atoms with Gasteiger partial charge in [-0.25, -0.2) is 8.42 Å². The first-order chi connectivity index (χ1) is 13.0. The lowest BCUT2D eigenvalue weighted by Gasteiger charge is -2.37. The third-order valence-electron chi connectivity index (χ3n) is 4.88. The fourth-order valence-corrected chi connectivity index (χ4v) is 4.32. The van der Waals surface area contributed by atoms with Crippen LogP contribution >= 0.6 is 0 Å². The normalized spacial score (nSPS) is 19.4. The molecule has 27 heavy (non-hydrogen) atoms. The van der Waals surface area contributed by atoms with E-state index in [4.69, 9.17) is 9.47 Å². The number of aryl methyl sites for hydroxylation is 1. The average Bonchev–Trinajstić information content (AvgIpc) is 3.11. The zero-order chi connectivity index (χ0) is 18.9. The molecule has 0 aliphatic carbocycles. The molecular formula is C18H22N4O4S. The molecule has 1 spiro atoms. The smallest absolute Gasteiger partial charge is 0.263 e. The third-order valence-corrected chi connectivity index (χ3v) is 6.25. The molecular weight excluding hydrogens is 368 g/mol. The highest BCUT2D eigenvalue weighted by Gasteiger charge is 2.40. The number of sulfonamides is 1. The fourth-order valence-electron chi connectivity index (χ4n) is 3.32. The Morgan fingerprint density at radius 1 is 1.00 bits per heavy atom. The lowest BCUT2D eigenvalue weighted by atomic mass is 10.0. The summed E-state index contributed by atoms with van der Waals surface area (Å²) in [6.07, 6.45) is 1.55. The average molecular weight is 390 g/mol. The van der Waals surface area contributed by atoms with Crippen molar-refractivity contribution < 1.29 is 17.9 Å². The van der Waals surface area contributed by atoms with Crippen LogP contribution in [0.4, 0.5) is 11.6 Å². The zero-order valence-electron chi connectivity index (χ0n) is 15.1. The first kappa shape index (κ1) is 18.1. The van der Waals surface area contributed by atoms with E-state index >= 15 is 0 Å². The first-order valence-electron chi connectivity index (χ1n) is 8.92. The second-order valence-electron chi connectivity index (χ2n) is 6.79. The molecule has 2 aliphatic heterocycles. The maximum absolute atomic E-state index is 12.4. The summed E-state index contributed by atoms with van der Waals surface area (Å²) in [5.74, 6) is 0.462. The van der Waals surface area contributed by atoms with Gasteiger partial charge < -0.3 is 14.4 Å². The van der Waals surface area contributed by atoms with Crippen molar-refractivity contribution >= 4 is 21.7 Å². The van der Waals surface area contributed by atoms with E-state index in [1.807, 2.05) is 6.92 Å². The largest absolute Gasteiger partial charge is 0.355 e. The number of hydrogen-bond donors (Lipinski definition) is 1. The van der Waals surface area contributed by atoms with Crippen molar-refractivity contribution in [1.29, 1.82) is 0 Å². The Hall–Kier alpha value is -2.23. The fraction of sp³-hybridized carbons (Fsp3) is 0.444. The molecule has 2 aliphatic rings. The maximum atomic E-state index is 12.4. The molecule has 8 nitrogen and oxygen atoms in total. The quantitative estimate of drug-likeness (QED) is 0.852. The Labute approximate surface area is 158 Å². The molecule has 0 radical (unpaired) electrons. The van der Waals surface area contributed by atoms with E-state index < -0.39 is 15.8 Å². The van der Waals surface area contributed by atoms with Crippen LogP contribution < -0.4 is 9.62 Å². The van der Waals surface area contributed by atoms with E-state index in [9.17, 15) is 8.42 Å². The predicted molar refractivity (Wildman–Crippen MR) is 100 cm³/mol. The predicted octanol–water partition coefficient (Wildman–Crippen LogP) is 1.93. The van der Waals surface area contributed by atoms with Crippen molar-refractivity contribution in [2.45, 2.75) is 30.4 Å². The Kier molecular flexibility index (Phi) is 4.75. The van der Waals surface area contributed by atoms with Crippen molar-refractivity contribution in [3.63, 3.8) is 0 Å². The maximum Gasteiger partial charge on any atom is 0.263 e. The number of nitrogens with zero attached hydrogens (tertiary/aromatic N) is 3. The molecule has 2 fully saturated rings. The molecule has 4 rings (SSSR count). The Bertz CT molecular complexity index is 884. The van der Waals surface area contributed by atoms with Crippen LogP contribution in [0.5, 0.6) is 0 Å². The van der Waals surface area contributed by atoms with Crippen LogP contribution in [0.3, 0.4) is 0 Å². The highest BCUT2D eigenvalue weighted by Crippen LogP contribution is 2.32. The van der Waals surface area contributed by atoms with E-state index in [0.717, 1.165) is 31.5 Å². The minimum absolute atomic E-state index is 0.190. The lowest BCUT2D eigenvalue weighted by Crippen LogP contribution is -2.45. The number of rotatable bonds is 4. The molecule has 9 heteroatoms. The van der Waals surface area contributed by atoms with Gasteiger partial charge in [-0.3, -0.25) is 4.72 Å². The van der Waals surface area contributed by atoms with Crippen LogP contribution in [-0.4, -0.2) is 50.7 Å². The summed E-state index contributed by atoms with van der Waals surface area (Å²) >= 11 is 0. The van der Waals surface area contributed by atoms with Gasteiger partial charge in [0.25, 0.3) is 10.0 Å². The summed E-state index contributed by atoms with van der Waals surface area (Å²) in [6, 6.07) is 10.0. The summed E-state index contributed by atoms with van der Waals surface area (Å²) in [7, 11) is -3.68. The lowest BCUT2D eigenvalue weighted by molar-refractivity contribution is -0.169. The number of hydrogen-bond acceptors (Lipinski definition) is 7. The number of aromatic nitrogens is 2. The van der Waals surface area contributed by atoms with Gasteiger partial charge in [0.15, 0.2) is 17.4 Å². The molecule has 0 atom stereocenters. The second kappa shape index (κ2) is 7.06. The zero-order valence-corrected chi connectivity index (χ0v) is 15.9. The van der Waals surface area contributed by atoms with Crippen molar-refractivity contribution in [1.82, 2.24) is 10.2 Å². The molecule has 0 unspecified atom stereocenters. The van der Waals surface area contributed by atoms with Gasteiger partial charge in [-0.05, 0) is 31.2 Å². The van der Waals surface area contributed by atoms with Gasteiger partial charge in [-0.15, -0.1) is 10.2 Å². The van der Waals surface area contributed by atoms with Crippen LogP contribution in [0.15, 0.2) is 41.3 Å². The molecule has 1 aromatic carbocycles. The highest BCUT2D eigenvalue weighted by atomic mass is 32.2. The molecule has 144 valence electrons. The van der Waals surface area contributed by atoms with E-state index in [1.54, 1.807) is 36.4 Å². The van der Waals surface area contributed by atoms with Crippen LogP contribution in [0.25, 0.3) is 0 Å². The molecule has 2 aromatic rings. The molecule has 0 bridgehead atoms. The van der Waals surface area contributed by atoms with Gasteiger partial charge in [0, 0.05) is 25.9 Å². The van der Waals surface area contributed by atoms with E-state index in [-0.39, 0.29) is 10.7 Å². The van der Waals surface area contributed by atoms with Gasteiger partial charge >= 0.3 is 0 Å². The number of nitrogens with one attached hydrogen (secondary N) is 1. The van der Waals surface area contributed by atoms with Crippen LogP contribution in [0, 0.1) is 6.92 Å². The second-order valence-corrected chi connectivity index (χ2v) is 8.47. The van der Waals surface area contributed by atoms with E-state index in [1.165, 1.54) is 0 Å². The van der Waals surface area contributed by atoms with Crippen LogP contribution in [0.2, 0.25) is 0 Å². The summed E-state index contributed by atoms with van der Waals surface area (Å²) in [5.41, 5.74) is 0.995. The third kappa shape index (κ3) is 3.90. The van der Waals surface area contributed by atoms with Crippen molar-refractivity contribution in [2.24, 2.45) is 0 Å². The van der Waals surface area contributed by atoms with Gasteiger partial charge in [0.2, 0.25) is 0 Å². The molecule has 2 saturated heterocycles. The Morgan fingerprint density at radius 2 is 1.67 bits per heavy atom. The Balaban J connectivity index is 1.41. The van der Waals surface area contributed by atoms with E-state index in [0.29, 0.717) is 19.0 Å². The number of anilines is 2. The topological polar surface area (TPSA) is 93.7 Å². The van der Waals surface area contributed by atoms with Crippen molar-refractivity contribution in [2.75, 3.05) is 35.9 Å². The van der Waals surface area contributed by atoms with Gasteiger partial charge in [-0.2, -0.15) is 0 Å². The Morgan fingerprint density at radius 3 is 2.26 bits per heavy atom. The summed E-state index contributed by atoms with van der Waals surface area (Å²) in [6.45, 7) is 4.71. The monoisotopic (exact) mass is 390 g/mol. The minimum atomic E-state index is -3.68. The SMILES string of the molecule is Cc1ccc(S(=O)(=O)Nc2ccc(N3CCC4(CC3)OCCO4)nn2)cc1. The number of ether oxygens (including phenoxy) is 2. The molecule has 1 N–H and O–H groups in total. The van der Waals surface area contributed by atoms with Crippen LogP contribution in [-0.2, 0) is 19.5 Å². The van der Waals surface area contributed by atoms with Gasteiger partial charge in [0.05, 0.1) is 18.1 Å². The molecule has 0 amide bonds. The minimum Gasteiger partial charge on any atom is -0.355 e. The van der Waals surface area contributed by atoms with Crippen LogP contribution in [0.1, 0.15) is 18.4 Å². The van der Waals surface area contributed by atoms with Gasteiger partial charge in [-0.1, -0.05) is 17.7 Å². The first-order valence-corrected chi connectivity index (χ1v) is 10.4. The van der Waals surface area contributed by atoms with Crippen molar-refractivity contribution in [3.8, 4) is 0 Å². The molecule has 3 heterocycles.